The van der Waals surface area contributed by atoms with Crippen molar-refractivity contribution in [1.29, 1.82) is 0 Å². The molecule has 0 radical (unpaired) electrons. The zero-order valence-corrected chi connectivity index (χ0v) is 14.4. The Morgan fingerprint density at radius 2 is 1.77 bits per heavy atom. The number of aromatic nitrogens is 1. The molecule has 0 saturated heterocycles. The van der Waals surface area contributed by atoms with Gasteiger partial charge in [-0.15, -0.1) is 0 Å². The molecule has 1 aromatic carbocycles. The van der Waals surface area contributed by atoms with Gasteiger partial charge in [0.15, 0.2) is 0 Å². The van der Waals surface area contributed by atoms with Gasteiger partial charge in [0.1, 0.15) is 0 Å². The van der Waals surface area contributed by atoms with Crippen LogP contribution in [0.1, 0.15) is 49.9 Å². The number of hydrogen-bond acceptors (Lipinski definition) is 2. The third-order valence-corrected chi connectivity index (χ3v) is 3.84. The zero-order valence-electron chi connectivity index (χ0n) is 14.4. The highest BCUT2D eigenvalue weighted by molar-refractivity contribution is 5.18. The molecule has 0 aliphatic heterocycles. The van der Waals surface area contributed by atoms with Crippen LogP contribution in [0.15, 0.2) is 48.7 Å². The summed E-state index contributed by atoms with van der Waals surface area (Å²) in [5.41, 5.74) is 3.84. The van der Waals surface area contributed by atoms with Crippen molar-refractivity contribution in [3.05, 3.63) is 65.5 Å². The van der Waals surface area contributed by atoms with Gasteiger partial charge in [0.2, 0.25) is 0 Å². The van der Waals surface area contributed by atoms with E-state index in [1.807, 2.05) is 6.20 Å². The Morgan fingerprint density at radius 1 is 1.05 bits per heavy atom. The van der Waals surface area contributed by atoms with E-state index in [0.29, 0.717) is 5.92 Å². The van der Waals surface area contributed by atoms with E-state index in [0.717, 1.165) is 25.1 Å². The number of aryl methyl sites for hydroxylation is 1. The molecule has 2 rings (SSSR count). The predicted octanol–water partition coefficient (Wildman–Crippen LogP) is 5.03. The first kappa shape index (κ1) is 18.4. The Morgan fingerprint density at radius 3 is 2.27 bits per heavy atom. The molecule has 2 aromatic rings. The van der Waals surface area contributed by atoms with Gasteiger partial charge >= 0.3 is 0 Å². The summed E-state index contributed by atoms with van der Waals surface area (Å²) in [5.74, 6) is 0.709. The molecule has 1 atom stereocenters. The van der Waals surface area contributed by atoms with Crippen LogP contribution in [0.5, 0.6) is 0 Å². The molecule has 0 bridgehead atoms. The minimum atomic E-state index is 0.709. The minimum absolute atomic E-state index is 0.709. The van der Waals surface area contributed by atoms with Crippen LogP contribution < -0.4 is 0 Å². The number of ether oxygens (including phenoxy) is 1. The Kier molecular flexibility index (Phi) is 9.17. The van der Waals surface area contributed by atoms with Gasteiger partial charge in [-0.05, 0) is 36.0 Å². The third kappa shape index (κ3) is 6.86. The topological polar surface area (TPSA) is 22.1 Å². The molecule has 1 unspecified atom stereocenters. The summed E-state index contributed by atoms with van der Waals surface area (Å²) < 4.78 is 4.96. The van der Waals surface area contributed by atoms with Gasteiger partial charge in [-0.25, -0.2) is 0 Å². The lowest BCUT2D eigenvalue weighted by molar-refractivity contribution is 0.201. The van der Waals surface area contributed by atoms with Crippen LogP contribution in [-0.2, 0) is 17.6 Å². The maximum absolute atomic E-state index is 4.96. The van der Waals surface area contributed by atoms with Gasteiger partial charge in [0, 0.05) is 25.4 Å². The van der Waals surface area contributed by atoms with E-state index in [4.69, 9.17) is 4.74 Å². The molecule has 0 spiro atoms. The molecule has 0 aliphatic carbocycles. The monoisotopic (exact) mass is 299 g/mol. The molecule has 2 nitrogen and oxygen atoms in total. The standard InChI is InChI=1S/C10H15NO.C10H14/c1-3-9-4-5-10(11-8-9)6-7-12-2;1-3-9(2)10-7-5-4-6-8-10/h4-5,8H,3,6-7H2,1-2H3;4-9H,3H2,1-2H3. The molecule has 120 valence electrons. The number of pyridine rings is 1. The van der Waals surface area contributed by atoms with Crippen LogP contribution in [0.25, 0.3) is 0 Å². The smallest absolute Gasteiger partial charge is 0.0517 e. The van der Waals surface area contributed by atoms with Crippen molar-refractivity contribution in [3.63, 3.8) is 0 Å². The molecule has 2 heteroatoms. The highest BCUT2D eigenvalue weighted by Crippen LogP contribution is 2.16. The Labute approximate surface area is 135 Å². The maximum atomic E-state index is 4.96. The van der Waals surface area contributed by atoms with Crippen molar-refractivity contribution < 1.29 is 4.74 Å². The fourth-order valence-electron chi connectivity index (χ4n) is 2.04. The second-order valence-electron chi connectivity index (χ2n) is 5.47. The second-order valence-corrected chi connectivity index (χ2v) is 5.47. The first-order valence-electron chi connectivity index (χ1n) is 8.18. The largest absolute Gasteiger partial charge is 0.384 e. The van der Waals surface area contributed by atoms with Crippen molar-refractivity contribution in [2.24, 2.45) is 0 Å². The fourth-order valence-corrected chi connectivity index (χ4v) is 2.04. The van der Waals surface area contributed by atoms with Gasteiger partial charge in [-0.3, -0.25) is 4.98 Å². The van der Waals surface area contributed by atoms with Gasteiger partial charge < -0.3 is 4.74 Å². The molecule has 0 amide bonds. The van der Waals surface area contributed by atoms with E-state index in [1.165, 1.54) is 17.5 Å². The molecule has 0 fully saturated rings. The summed E-state index contributed by atoms with van der Waals surface area (Å²) >= 11 is 0. The van der Waals surface area contributed by atoms with E-state index in [9.17, 15) is 0 Å². The van der Waals surface area contributed by atoms with Crippen molar-refractivity contribution in [1.82, 2.24) is 4.98 Å². The molecule has 1 aromatic heterocycles. The van der Waals surface area contributed by atoms with E-state index < -0.39 is 0 Å². The van der Waals surface area contributed by atoms with E-state index >= 15 is 0 Å². The summed E-state index contributed by atoms with van der Waals surface area (Å²) in [4.78, 5) is 4.31. The number of hydrogen-bond donors (Lipinski definition) is 0. The van der Waals surface area contributed by atoms with E-state index in [-0.39, 0.29) is 0 Å². The lowest BCUT2D eigenvalue weighted by Gasteiger charge is -2.06. The molecule has 0 aliphatic rings. The molecule has 1 heterocycles. The van der Waals surface area contributed by atoms with Crippen LogP contribution in [0, 0.1) is 0 Å². The molecular formula is C20H29NO. The SMILES string of the molecule is CCC(C)c1ccccc1.CCc1ccc(CCOC)nc1. The van der Waals surface area contributed by atoms with Crippen LogP contribution in [0.3, 0.4) is 0 Å². The van der Waals surface area contributed by atoms with Gasteiger partial charge in [-0.1, -0.05) is 57.2 Å². The van der Waals surface area contributed by atoms with Crippen LogP contribution in [-0.4, -0.2) is 18.7 Å². The molecular weight excluding hydrogens is 270 g/mol. The van der Waals surface area contributed by atoms with Gasteiger partial charge in [0.25, 0.3) is 0 Å². The van der Waals surface area contributed by atoms with Crippen molar-refractivity contribution >= 4 is 0 Å². The minimum Gasteiger partial charge on any atom is -0.384 e. The van der Waals surface area contributed by atoms with Crippen molar-refractivity contribution in [2.45, 2.75) is 46.0 Å². The third-order valence-electron chi connectivity index (χ3n) is 3.84. The van der Waals surface area contributed by atoms with Crippen LogP contribution >= 0.6 is 0 Å². The lowest BCUT2D eigenvalue weighted by Crippen LogP contribution is -1.97. The first-order valence-corrected chi connectivity index (χ1v) is 8.18. The summed E-state index contributed by atoms with van der Waals surface area (Å²) in [6, 6.07) is 14.8. The highest BCUT2D eigenvalue weighted by Gasteiger charge is 1.98. The first-order chi connectivity index (χ1) is 10.7. The summed E-state index contributed by atoms with van der Waals surface area (Å²) in [6.45, 7) is 7.36. The average Bonchev–Trinajstić information content (AvgIpc) is 2.61. The number of nitrogens with zero attached hydrogens (tertiary/aromatic N) is 1. The van der Waals surface area contributed by atoms with Crippen molar-refractivity contribution in [2.75, 3.05) is 13.7 Å². The fraction of sp³-hybridized carbons (Fsp3) is 0.450. The average molecular weight is 299 g/mol. The summed E-state index contributed by atoms with van der Waals surface area (Å²) in [5, 5.41) is 0. The quantitative estimate of drug-likeness (QED) is 0.746. The number of benzene rings is 1. The Hall–Kier alpha value is -1.67. The number of methoxy groups -OCH3 is 1. The van der Waals surface area contributed by atoms with E-state index in [2.05, 4.69) is 68.2 Å². The predicted molar refractivity (Wildman–Crippen MR) is 94.3 cm³/mol. The second kappa shape index (κ2) is 11.0. The zero-order chi connectivity index (χ0) is 16.2. The summed E-state index contributed by atoms with van der Waals surface area (Å²) in [7, 11) is 1.71. The maximum Gasteiger partial charge on any atom is 0.0517 e. The number of rotatable bonds is 6. The Bertz CT molecular complexity index is 493. The van der Waals surface area contributed by atoms with Crippen LogP contribution in [0.4, 0.5) is 0 Å². The molecule has 0 N–H and O–H groups in total. The van der Waals surface area contributed by atoms with Crippen LogP contribution in [0.2, 0.25) is 0 Å². The molecule has 22 heavy (non-hydrogen) atoms. The van der Waals surface area contributed by atoms with Gasteiger partial charge in [-0.2, -0.15) is 0 Å². The summed E-state index contributed by atoms with van der Waals surface area (Å²) in [6.07, 6.45) is 5.12. The highest BCUT2D eigenvalue weighted by atomic mass is 16.5. The Balaban J connectivity index is 0.000000224. The van der Waals surface area contributed by atoms with Gasteiger partial charge in [0.05, 0.1) is 6.61 Å². The lowest BCUT2D eigenvalue weighted by atomic mass is 9.99. The molecule has 0 saturated carbocycles. The van der Waals surface area contributed by atoms with E-state index in [1.54, 1.807) is 7.11 Å². The van der Waals surface area contributed by atoms with Crippen molar-refractivity contribution in [3.8, 4) is 0 Å². The normalized spacial score (nSPS) is 11.5.